The number of hydrogen-bond acceptors (Lipinski definition) is 5. The molecule has 1 aromatic carbocycles. The van der Waals surface area contributed by atoms with E-state index in [1.54, 1.807) is 13.3 Å². The summed E-state index contributed by atoms with van der Waals surface area (Å²) in [5.41, 5.74) is 2.32. The van der Waals surface area contributed by atoms with Crippen molar-refractivity contribution in [1.82, 2.24) is 35.2 Å². The van der Waals surface area contributed by atoms with Gasteiger partial charge in [0.2, 0.25) is 0 Å². The summed E-state index contributed by atoms with van der Waals surface area (Å²) in [6, 6.07) is 10.6. The third kappa shape index (κ3) is 6.28. The molecular formula is C22H31IN8O. The highest BCUT2D eigenvalue weighted by Gasteiger charge is 2.22. The lowest BCUT2D eigenvalue weighted by molar-refractivity contribution is 0.177. The van der Waals surface area contributed by atoms with E-state index in [0.29, 0.717) is 6.61 Å². The molecular weight excluding hydrogens is 519 g/mol. The number of hydrogen-bond donors (Lipinski definition) is 2. The second-order valence-corrected chi connectivity index (χ2v) is 7.57. The van der Waals surface area contributed by atoms with Crippen molar-refractivity contribution in [3.05, 3.63) is 59.9 Å². The summed E-state index contributed by atoms with van der Waals surface area (Å²) in [7, 11) is 1.66. The fourth-order valence-corrected chi connectivity index (χ4v) is 3.72. The minimum atomic E-state index is 0. The highest BCUT2D eigenvalue weighted by Crippen LogP contribution is 2.14. The molecule has 0 aliphatic carbocycles. The number of rotatable bonds is 8. The Labute approximate surface area is 205 Å². The van der Waals surface area contributed by atoms with Crippen LogP contribution in [0.15, 0.2) is 47.7 Å². The van der Waals surface area contributed by atoms with Crippen LogP contribution in [0.25, 0.3) is 5.69 Å². The molecule has 0 saturated heterocycles. The van der Waals surface area contributed by atoms with Crippen molar-refractivity contribution in [2.24, 2.45) is 4.99 Å². The molecule has 2 N–H and O–H groups in total. The molecule has 4 rings (SSSR count). The quantitative estimate of drug-likeness (QED) is 0.254. The maximum Gasteiger partial charge on any atom is 0.191 e. The highest BCUT2D eigenvalue weighted by molar-refractivity contribution is 14.0. The number of halogens is 1. The Bertz CT molecular complexity index is 984. The zero-order chi connectivity index (χ0) is 21.5. The Morgan fingerprint density at radius 3 is 2.84 bits per heavy atom. The number of aliphatic imine (C=N–C) groups is 1. The molecule has 3 aromatic rings. The summed E-state index contributed by atoms with van der Waals surface area (Å²) >= 11 is 0. The van der Waals surface area contributed by atoms with E-state index >= 15 is 0 Å². The summed E-state index contributed by atoms with van der Waals surface area (Å²) in [5.74, 6) is 2.63. The van der Waals surface area contributed by atoms with Gasteiger partial charge in [0.15, 0.2) is 11.8 Å². The van der Waals surface area contributed by atoms with E-state index in [2.05, 4.69) is 57.0 Å². The van der Waals surface area contributed by atoms with Gasteiger partial charge in [0.05, 0.1) is 12.2 Å². The molecule has 1 unspecified atom stereocenters. The van der Waals surface area contributed by atoms with Crippen LogP contribution in [0.2, 0.25) is 0 Å². The van der Waals surface area contributed by atoms with E-state index in [4.69, 9.17) is 9.73 Å². The third-order valence-corrected chi connectivity index (χ3v) is 5.24. The average Bonchev–Trinajstić information content (AvgIpc) is 3.44. The predicted molar refractivity (Wildman–Crippen MR) is 135 cm³/mol. The van der Waals surface area contributed by atoms with Crippen molar-refractivity contribution in [3.63, 3.8) is 0 Å². The van der Waals surface area contributed by atoms with Crippen LogP contribution in [-0.2, 0) is 30.7 Å². The number of benzene rings is 1. The van der Waals surface area contributed by atoms with Crippen molar-refractivity contribution in [3.8, 4) is 5.69 Å². The smallest absolute Gasteiger partial charge is 0.191 e. The SMILES string of the molecule is CCNC(=NCCc1ccc(-n2cccn2)cc1)NC1CCc2nc(COC)nn2C1.I. The van der Waals surface area contributed by atoms with Crippen molar-refractivity contribution < 1.29 is 4.74 Å². The standard InChI is InChI=1S/C22H30N8O.HI/c1-3-23-22(26-18-7-10-21-27-20(16-31-2)28-30(21)15-18)24-13-11-17-5-8-19(9-6-17)29-14-4-12-25-29;/h4-6,8-9,12,14,18H,3,7,10-11,13,15-16H2,1-2H3,(H2,23,24,26);1H. The van der Waals surface area contributed by atoms with Crippen LogP contribution in [0, 0.1) is 0 Å². The lowest BCUT2D eigenvalue weighted by atomic mass is 10.1. The number of guanidine groups is 1. The largest absolute Gasteiger partial charge is 0.377 e. The number of aromatic nitrogens is 5. The van der Waals surface area contributed by atoms with Gasteiger partial charge < -0.3 is 15.4 Å². The van der Waals surface area contributed by atoms with Crippen LogP contribution in [0.1, 0.15) is 30.6 Å². The number of aryl methyl sites for hydroxylation is 1. The molecule has 2 aromatic heterocycles. The normalized spacial score (nSPS) is 15.7. The molecule has 172 valence electrons. The maximum absolute atomic E-state index is 5.15. The van der Waals surface area contributed by atoms with Crippen LogP contribution in [-0.4, -0.2) is 56.7 Å². The Hall–Kier alpha value is -2.47. The summed E-state index contributed by atoms with van der Waals surface area (Å²) in [6.45, 7) is 4.86. The first-order valence-corrected chi connectivity index (χ1v) is 10.8. The number of fused-ring (bicyclic) bond motifs is 1. The molecule has 1 atom stereocenters. The first-order chi connectivity index (χ1) is 15.2. The third-order valence-electron chi connectivity index (χ3n) is 5.24. The van der Waals surface area contributed by atoms with Crippen molar-refractivity contribution in [2.45, 2.75) is 45.4 Å². The zero-order valence-corrected chi connectivity index (χ0v) is 20.9. The van der Waals surface area contributed by atoms with Gasteiger partial charge in [0.1, 0.15) is 12.4 Å². The molecule has 0 spiro atoms. The zero-order valence-electron chi connectivity index (χ0n) is 18.6. The predicted octanol–water partition coefficient (Wildman–Crippen LogP) is 2.34. The molecule has 3 heterocycles. The van der Waals surface area contributed by atoms with Gasteiger partial charge in [-0.05, 0) is 43.5 Å². The molecule has 0 fully saturated rings. The molecule has 0 amide bonds. The van der Waals surface area contributed by atoms with Gasteiger partial charge in [-0.25, -0.2) is 14.3 Å². The summed E-state index contributed by atoms with van der Waals surface area (Å²) < 4.78 is 8.99. The van der Waals surface area contributed by atoms with Crippen molar-refractivity contribution in [1.29, 1.82) is 0 Å². The Morgan fingerprint density at radius 2 is 2.12 bits per heavy atom. The van der Waals surface area contributed by atoms with E-state index in [9.17, 15) is 0 Å². The monoisotopic (exact) mass is 550 g/mol. The van der Waals surface area contributed by atoms with Crippen LogP contribution < -0.4 is 10.6 Å². The summed E-state index contributed by atoms with van der Waals surface area (Å²) in [6.07, 6.45) is 6.51. The van der Waals surface area contributed by atoms with Gasteiger partial charge in [-0.3, -0.25) is 4.99 Å². The molecule has 0 bridgehead atoms. The van der Waals surface area contributed by atoms with Crippen LogP contribution >= 0.6 is 24.0 Å². The Kier molecular flexibility index (Phi) is 9.03. The fourth-order valence-electron chi connectivity index (χ4n) is 3.72. The maximum atomic E-state index is 5.15. The van der Waals surface area contributed by atoms with E-state index in [-0.39, 0.29) is 30.0 Å². The van der Waals surface area contributed by atoms with Gasteiger partial charge >= 0.3 is 0 Å². The number of nitrogens with zero attached hydrogens (tertiary/aromatic N) is 6. The van der Waals surface area contributed by atoms with Gasteiger partial charge in [-0.1, -0.05) is 12.1 Å². The van der Waals surface area contributed by atoms with Crippen LogP contribution in [0.5, 0.6) is 0 Å². The summed E-state index contributed by atoms with van der Waals surface area (Å²) in [4.78, 5) is 9.32. The average molecular weight is 550 g/mol. The topological polar surface area (TPSA) is 94.2 Å². The molecule has 1 aliphatic rings. The van der Waals surface area contributed by atoms with Crippen molar-refractivity contribution >= 4 is 29.9 Å². The van der Waals surface area contributed by atoms with E-state index in [1.165, 1.54) is 5.56 Å². The Morgan fingerprint density at radius 1 is 1.28 bits per heavy atom. The fraction of sp³-hybridized carbons (Fsp3) is 0.455. The van der Waals surface area contributed by atoms with Crippen molar-refractivity contribution in [2.75, 3.05) is 20.2 Å². The highest BCUT2D eigenvalue weighted by atomic mass is 127. The van der Waals surface area contributed by atoms with Crippen LogP contribution in [0.3, 0.4) is 0 Å². The minimum Gasteiger partial charge on any atom is -0.377 e. The molecule has 32 heavy (non-hydrogen) atoms. The molecule has 0 saturated carbocycles. The van der Waals surface area contributed by atoms with E-state index < -0.39 is 0 Å². The second-order valence-electron chi connectivity index (χ2n) is 7.57. The van der Waals surface area contributed by atoms with Gasteiger partial charge in [-0.2, -0.15) is 10.2 Å². The van der Waals surface area contributed by atoms with Crippen LogP contribution in [0.4, 0.5) is 0 Å². The first kappa shape index (κ1) is 24.2. The molecule has 9 nitrogen and oxygen atoms in total. The first-order valence-electron chi connectivity index (χ1n) is 10.8. The minimum absolute atomic E-state index is 0. The van der Waals surface area contributed by atoms with Gasteiger partial charge in [-0.15, -0.1) is 24.0 Å². The summed E-state index contributed by atoms with van der Waals surface area (Å²) in [5, 5.41) is 15.7. The number of methoxy groups -OCH3 is 1. The molecule has 10 heteroatoms. The molecule has 0 radical (unpaired) electrons. The van der Waals surface area contributed by atoms with E-state index in [0.717, 1.165) is 62.2 Å². The lowest BCUT2D eigenvalue weighted by Gasteiger charge is -2.25. The molecule has 1 aliphatic heterocycles. The number of ether oxygens (including phenoxy) is 1. The van der Waals surface area contributed by atoms with E-state index in [1.807, 2.05) is 21.6 Å². The van der Waals surface area contributed by atoms with Gasteiger partial charge in [0, 0.05) is 45.1 Å². The van der Waals surface area contributed by atoms with Gasteiger partial charge in [0.25, 0.3) is 0 Å². The number of nitrogens with one attached hydrogen (secondary N) is 2. The second kappa shape index (κ2) is 12.0. The lowest BCUT2D eigenvalue weighted by Crippen LogP contribution is -2.47. The Balaban J connectivity index is 0.00000289.